The molecule has 2 saturated carbocycles. The van der Waals surface area contributed by atoms with Crippen LogP contribution in [-0.2, 0) is 4.74 Å². The van der Waals surface area contributed by atoms with E-state index < -0.39 is 0 Å². The molecule has 3 heteroatoms. The summed E-state index contributed by atoms with van der Waals surface area (Å²) in [5.74, 6) is 0. The minimum Gasteiger partial charge on any atom is -0.375 e. The van der Waals surface area contributed by atoms with Crippen LogP contribution in [0.25, 0.3) is 0 Å². The zero-order chi connectivity index (χ0) is 10.5. The second-order valence-corrected chi connectivity index (χ2v) is 4.72. The van der Waals surface area contributed by atoms with Crippen LogP contribution in [0.3, 0.4) is 0 Å². The van der Waals surface area contributed by atoms with Crippen LogP contribution in [0.1, 0.15) is 44.9 Å². The zero-order valence-electron chi connectivity index (χ0n) is 9.24. The lowest BCUT2D eigenvalue weighted by molar-refractivity contribution is 0.0224. The maximum absolute atomic E-state index is 8.94. The van der Waals surface area contributed by atoms with Crippen molar-refractivity contribution >= 4 is 0 Å². The fraction of sp³-hybridized carbons (Fsp3) is 0.917. The zero-order valence-corrected chi connectivity index (χ0v) is 9.24. The molecule has 1 atom stereocenters. The predicted octanol–water partition coefficient (Wildman–Crippen LogP) is 1.98. The molecule has 1 unspecified atom stereocenters. The summed E-state index contributed by atoms with van der Waals surface area (Å²) >= 11 is 0. The van der Waals surface area contributed by atoms with Crippen molar-refractivity contribution in [3.8, 4) is 6.07 Å². The Labute approximate surface area is 91.8 Å². The first kappa shape index (κ1) is 10.9. The van der Waals surface area contributed by atoms with Gasteiger partial charge in [-0.05, 0) is 25.7 Å². The molecule has 2 rings (SSSR count). The van der Waals surface area contributed by atoms with Crippen LogP contribution < -0.4 is 5.32 Å². The smallest absolute Gasteiger partial charge is 0.119 e. The summed E-state index contributed by atoms with van der Waals surface area (Å²) in [6.07, 6.45) is 9.15. The lowest BCUT2D eigenvalue weighted by Crippen LogP contribution is -2.35. The van der Waals surface area contributed by atoms with Gasteiger partial charge in [-0.3, -0.25) is 5.32 Å². The molecule has 2 fully saturated rings. The fourth-order valence-electron chi connectivity index (χ4n) is 2.12. The Morgan fingerprint density at radius 2 is 1.93 bits per heavy atom. The topological polar surface area (TPSA) is 45.0 Å². The van der Waals surface area contributed by atoms with Gasteiger partial charge in [0.2, 0.25) is 0 Å². The standard InChI is InChI=1S/C12H20N2O/c13-8-11(14-10-6-7-10)9-15-12-4-2-1-3-5-12/h10-12,14H,1-7,9H2. The van der Waals surface area contributed by atoms with E-state index >= 15 is 0 Å². The summed E-state index contributed by atoms with van der Waals surface area (Å²) in [5, 5.41) is 12.2. The van der Waals surface area contributed by atoms with Gasteiger partial charge in [0.05, 0.1) is 18.8 Å². The summed E-state index contributed by atoms with van der Waals surface area (Å²) in [6.45, 7) is 0.567. The van der Waals surface area contributed by atoms with Crippen LogP contribution in [-0.4, -0.2) is 24.8 Å². The van der Waals surface area contributed by atoms with E-state index in [0.29, 0.717) is 18.8 Å². The van der Waals surface area contributed by atoms with Crippen molar-refractivity contribution in [1.82, 2.24) is 5.32 Å². The molecule has 84 valence electrons. The summed E-state index contributed by atoms with van der Waals surface area (Å²) in [4.78, 5) is 0. The van der Waals surface area contributed by atoms with Crippen molar-refractivity contribution in [2.45, 2.75) is 63.1 Å². The van der Waals surface area contributed by atoms with Crippen molar-refractivity contribution in [3.63, 3.8) is 0 Å². The van der Waals surface area contributed by atoms with Gasteiger partial charge in [-0.2, -0.15) is 5.26 Å². The summed E-state index contributed by atoms with van der Waals surface area (Å²) in [6, 6.07) is 2.77. The molecule has 2 aliphatic carbocycles. The van der Waals surface area contributed by atoms with E-state index in [9.17, 15) is 0 Å². The molecule has 0 saturated heterocycles. The molecule has 2 aliphatic rings. The lowest BCUT2D eigenvalue weighted by Gasteiger charge is -2.23. The molecule has 0 amide bonds. The molecule has 0 heterocycles. The number of nitriles is 1. The number of nitrogens with one attached hydrogen (secondary N) is 1. The molecule has 15 heavy (non-hydrogen) atoms. The minimum atomic E-state index is -0.0978. The van der Waals surface area contributed by atoms with Gasteiger partial charge in [-0.25, -0.2) is 0 Å². The molecule has 3 nitrogen and oxygen atoms in total. The van der Waals surface area contributed by atoms with Crippen molar-refractivity contribution in [2.75, 3.05) is 6.61 Å². The summed E-state index contributed by atoms with van der Waals surface area (Å²) in [5.41, 5.74) is 0. The van der Waals surface area contributed by atoms with Crippen LogP contribution in [0, 0.1) is 11.3 Å². The molecule has 0 aromatic heterocycles. The Morgan fingerprint density at radius 1 is 1.20 bits per heavy atom. The first-order valence-corrected chi connectivity index (χ1v) is 6.16. The van der Waals surface area contributed by atoms with E-state index in [0.717, 1.165) is 0 Å². The van der Waals surface area contributed by atoms with Gasteiger partial charge in [0.25, 0.3) is 0 Å². The summed E-state index contributed by atoms with van der Waals surface area (Å²) in [7, 11) is 0. The second-order valence-electron chi connectivity index (χ2n) is 4.72. The van der Waals surface area contributed by atoms with Crippen molar-refractivity contribution in [3.05, 3.63) is 0 Å². The highest BCUT2D eigenvalue weighted by Crippen LogP contribution is 2.21. The number of ether oxygens (including phenoxy) is 1. The maximum atomic E-state index is 8.94. The van der Waals surface area contributed by atoms with E-state index in [1.54, 1.807) is 0 Å². The number of nitrogens with zero attached hydrogens (tertiary/aromatic N) is 1. The average Bonchev–Trinajstić information content (AvgIpc) is 3.09. The third kappa shape index (κ3) is 3.81. The molecule has 1 N–H and O–H groups in total. The Morgan fingerprint density at radius 3 is 2.53 bits per heavy atom. The normalized spacial score (nSPS) is 24.7. The first-order valence-electron chi connectivity index (χ1n) is 6.16. The SMILES string of the molecule is N#CC(COC1CCCCC1)NC1CC1. The second kappa shape index (κ2) is 5.48. The van der Waals surface area contributed by atoms with Crippen LogP contribution in [0.4, 0.5) is 0 Å². The monoisotopic (exact) mass is 208 g/mol. The van der Waals surface area contributed by atoms with Crippen molar-refractivity contribution < 1.29 is 4.74 Å². The predicted molar refractivity (Wildman–Crippen MR) is 58.4 cm³/mol. The Hall–Kier alpha value is -0.590. The largest absolute Gasteiger partial charge is 0.375 e. The number of hydrogen-bond donors (Lipinski definition) is 1. The highest BCUT2D eigenvalue weighted by Gasteiger charge is 2.25. The number of rotatable bonds is 5. The number of hydrogen-bond acceptors (Lipinski definition) is 3. The van der Waals surface area contributed by atoms with Crippen molar-refractivity contribution in [2.24, 2.45) is 0 Å². The quantitative estimate of drug-likeness (QED) is 0.751. The van der Waals surface area contributed by atoms with Gasteiger partial charge in [0.15, 0.2) is 0 Å². The molecular weight excluding hydrogens is 188 g/mol. The van der Waals surface area contributed by atoms with Crippen molar-refractivity contribution in [1.29, 1.82) is 5.26 Å². The first-order chi connectivity index (χ1) is 7.38. The van der Waals surface area contributed by atoms with Crippen LogP contribution in [0.5, 0.6) is 0 Å². The molecule has 0 radical (unpaired) electrons. The third-order valence-corrected chi connectivity index (χ3v) is 3.22. The molecule has 0 aliphatic heterocycles. The van der Waals surface area contributed by atoms with E-state index in [2.05, 4.69) is 11.4 Å². The van der Waals surface area contributed by atoms with Gasteiger partial charge < -0.3 is 4.74 Å². The van der Waals surface area contributed by atoms with E-state index in [1.165, 1.54) is 44.9 Å². The lowest BCUT2D eigenvalue weighted by atomic mass is 9.98. The van der Waals surface area contributed by atoms with E-state index in [-0.39, 0.29) is 6.04 Å². The van der Waals surface area contributed by atoms with Crippen LogP contribution >= 0.6 is 0 Å². The van der Waals surface area contributed by atoms with Crippen LogP contribution in [0.15, 0.2) is 0 Å². The molecule has 0 aromatic carbocycles. The Kier molecular flexibility index (Phi) is 3.99. The average molecular weight is 208 g/mol. The Bertz CT molecular complexity index is 226. The molecular formula is C12H20N2O. The summed E-state index contributed by atoms with van der Waals surface area (Å²) < 4.78 is 5.78. The highest BCUT2D eigenvalue weighted by atomic mass is 16.5. The van der Waals surface area contributed by atoms with Gasteiger partial charge in [0, 0.05) is 6.04 Å². The fourth-order valence-corrected chi connectivity index (χ4v) is 2.12. The Balaban J connectivity index is 1.63. The van der Waals surface area contributed by atoms with Crippen LogP contribution in [0.2, 0.25) is 0 Å². The maximum Gasteiger partial charge on any atom is 0.119 e. The molecule has 0 spiro atoms. The van der Waals surface area contributed by atoms with E-state index in [1.807, 2.05) is 0 Å². The third-order valence-electron chi connectivity index (χ3n) is 3.22. The van der Waals surface area contributed by atoms with Gasteiger partial charge in [0.1, 0.15) is 6.04 Å². The molecule has 0 aromatic rings. The van der Waals surface area contributed by atoms with E-state index in [4.69, 9.17) is 10.00 Å². The molecule has 0 bridgehead atoms. The highest BCUT2D eigenvalue weighted by molar-refractivity contribution is 4.95. The minimum absolute atomic E-state index is 0.0978. The van der Waals surface area contributed by atoms with Gasteiger partial charge >= 0.3 is 0 Å². The van der Waals surface area contributed by atoms with Gasteiger partial charge in [-0.15, -0.1) is 0 Å². The van der Waals surface area contributed by atoms with Gasteiger partial charge in [-0.1, -0.05) is 19.3 Å².